The number of nitrogens with one attached hydrogen (secondary N) is 1. The SMILES string of the molecule is CC(C)(C)N=C(NN)C1CCOC1. The predicted molar refractivity (Wildman–Crippen MR) is 53.4 cm³/mol. The van der Waals surface area contributed by atoms with Crippen LogP contribution in [-0.2, 0) is 4.74 Å². The van der Waals surface area contributed by atoms with E-state index >= 15 is 0 Å². The van der Waals surface area contributed by atoms with Crippen molar-refractivity contribution < 1.29 is 4.74 Å². The second-order valence-corrected chi connectivity index (χ2v) is 4.37. The standard InChI is InChI=1S/C9H19N3O/c1-9(2,3)11-8(12-10)7-4-5-13-6-7/h7H,4-6,10H2,1-3H3,(H,11,12). The molecule has 76 valence electrons. The lowest BCUT2D eigenvalue weighted by atomic mass is 10.1. The fourth-order valence-corrected chi connectivity index (χ4v) is 1.35. The first-order valence-corrected chi connectivity index (χ1v) is 4.67. The lowest BCUT2D eigenvalue weighted by molar-refractivity contribution is 0.192. The summed E-state index contributed by atoms with van der Waals surface area (Å²) in [5.74, 6) is 6.64. The van der Waals surface area contributed by atoms with E-state index in [0.717, 1.165) is 25.5 Å². The first-order valence-electron chi connectivity index (χ1n) is 4.67. The Labute approximate surface area is 79.5 Å². The number of nitrogens with two attached hydrogens (primary N) is 1. The normalized spacial score (nSPS) is 24.9. The van der Waals surface area contributed by atoms with E-state index in [1.54, 1.807) is 0 Å². The maximum atomic E-state index is 5.42. The molecule has 0 amide bonds. The third kappa shape index (κ3) is 3.32. The molecular formula is C9H19N3O. The van der Waals surface area contributed by atoms with Crippen molar-refractivity contribution in [3.63, 3.8) is 0 Å². The lowest BCUT2D eigenvalue weighted by Gasteiger charge is -2.18. The van der Waals surface area contributed by atoms with Crippen molar-refractivity contribution in [3.05, 3.63) is 0 Å². The average molecular weight is 185 g/mol. The van der Waals surface area contributed by atoms with Crippen molar-refractivity contribution in [2.75, 3.05) is 13.2 Å². The molecule has 1 saturated heterocycles. The quantitative estimate of drug-likeness (QED) is 0.273. The molecule has 0 bridgehead atoms. The molecule has 1 fully saturated rings. The highest BCUT2D eigenvalue weighted by molar-refractivity contribution is 5.84. The fraction of sp³-hybridized carbons (Fsp3) is 0.889. The summed E-state index contributed by atoms with van der Waals surface area (Å²) in [5, 5.41) is 0. The molecule has 0 radical (unpaired) electrons. The van der Waals surface area contributed by atoms with Crippen LogP contribution in [0.4, 0.5) is 0 Å². The molecule has 1 rings (SSSR count). The molecule has 0 spiro atoms. The van der Waals surface area contributed by atoms with E-state index in [4.69, 9.17) is 10.6 Å². The number of hydrogen-bond acceptors (Lipinski definition) is 3. The summed E-state index contributed by atoms with van der Waals surface area (Å²) in [6.07, 6.45) is 1.01. The maximum absolute atomic E-state index is 5.42. The number of amidine groups is 1. The van der Waals surface area contributed by atoms with Crippen LogP contribution >= 0.6 is 0 Å². The van der Waals surface area contributed by atoms with Crippen molar-refractivity contribution >= 4 is 5.84 Å². The largest absolute Gasteiger partial charge is 0.381 e. The van der Waals surface area contributed by atoms with Gasteiger partial charge < -0.3 is 10.2 Å². The molecule has 4 heteroatoms. The highest BCUT2D eigenvalue weighted by Gasteiger charge is 2.22. The van der Waals surface area contributed by atoms with Crippen LogP contribution in [-0.4, -0.2) is 24.6 Å². The van der Waals surface area contributed by atoms with Gasteiger partial charge in [-0.1, -0.05) is 0 Å². The monoisotopic (exact) mass is 185 g/mol. The van der Waals surface area contributed by atoms with Crippen molar-refractivity contribution in [1.82, 2.24) is 5.43 Å². The Balaban J connectivity index is 2.65. The van der Waals surface area contributed by atoms with Crippen molar-refractivity contribution in [1.29, 1.82) is 0 Å². The van der Waals surface area contributed by atoms with Gasteiger partial charge in [0.15, 0.2) is 0 Å². The number of hydrazine groups is 1. The minimum absolute atomic E-state index is 0.0791. The van der Waals surface area contributed by atoms with Gasteiger partial charge in [0, 0.05) is 12.5 Å². The van der Waals surface area contributed by atoms with Gasteiger partial charge in [0.2, 0.25) is 0 Å². The number of hydrogen-bond donors (Lipinski definition) is 2. The summed E-state index contributed by atoms with van der Waals surface area (Å²) in [6.45, 7) is 7.72. The molecule has 1 unspecified atom stereocenters. The number of ether oxygens (including phenoxy) is 1. The molecule has 0 aromatic carbocycles. The lowest BCUT2D eigenvalue weighted by Crippen LogP contribution is -2.38. The smallest absolute Gasteiger partial charge is 0.116 e. The Morgan fingerprint density at radius 3 is 2.62 bits per heavy atom. The van der Waals surface area contributed by atoms with E-state index in [9.17, 15) is 0 Å². The van der Waals surface area contributed by atoms with Crippen LogP contribution in [0.2, 0.25) is 0 Å². The minimum atomic E-state index is -0.0791. The Hall–Kier alpha value is -0.610. The number of rotatable bonds is 1. The number of nitrogens with zero attached hydrogens (tertiary/aromatic N) is 1. The van der Waals surface area contributed by atoms with E-state index in [1.165, 1.54) is 0 Å². The van der Waals surface area contributed by atoms with Crippen molar-refractivity contribution in [2.24, 2.45) is 16.8 Å². The zero-order valence-electron chi connectivity index (χ0n) is 8.63. The van der Waals surface area contributed by atoms with Gasteiger partial charge in [0.1, 0.15) is 5.84 Å². The summed E-state index contributed by atoms with van der Waals surface area (Å²) >= 11 is 0. The van der Waals surface area contributed by atoms with Gasteiger partial charge in [-0.2, -0.15) is 0 Å². The van der Waals surface area contributed by atoms with Crippen molar-refractivity contribution in [3.8, 4) is 0 Å². The van der Waals surface area contributed by atoms with Gasteiger partial charge in [-0.3, -0.25) is 4.99 Å². The van der Waals surface area contributed by atoms with Crippen LogP contribution in [0.1, 0.15) is 27.2 Å². The van der Waals surface area contributed by atoms with Gasteiger partial charge in [0.05, 0.1) is 12.1 Å². The van der Waals surface area contributed by atoms with E-state index in [1.807, 2.05) is 0 Å². The summed E-state index contributed by atoms with van der Waals surface area (Å²) < 4.78 is 5.28. The molecule has 0 aliphatic carbocycles. The molecule has 1 atom stereocenters. The number of aliphatic imine (C=N–C) groups is 1. The molecule has 13 heavy (non-hydrogen) atoms. The molecule has 0 aromatic heterocycles. The maximum Gasteiger partial charge on any atom is 0.116 e. The second kappa shape index (κ2) is 4.07. The summed E-state index contributed by atoms with van der Waals surface area (Å²) in [5.41, 5.74) is 2.59. The molecule has 1 aliphatic heterocycles. The first-order chi connectivity index (χ1) is 6.03. The average Bonchev–Trinajstić information content (AvgIpc) is 2.50. The third-order valence-corrected chi connectivity index (χ3v) is 1.92. The molecule has 0 saturated carbocycles. The van der Waals surface area contributed by atoms with Gasteiger partial charge in [-0.15, -0.1) is 0 Å². The Morgan fingerprint density at radius 2 is 2.23 bits per heavy atom. The van der Waals surface area contributed by atoms with Gasteiger partial charge in [-0.05, 0) is 27.2 Å². The summed E-state index contributed by atoms with van der Waals surface area (Å²) in [7, 11) is 0. The first kappa shape index (κ1) is 10.5. The van der Waals surface area contributed by atoms with Crippen LogP contribution in [0.3, 0.4) is 0 Å². The van der Waals surface area contributed by atoms with Crippen LogP contribution in [0.5, 0.6) is 0 Å². The van der Waals surface area contributed by atoms with Gasteiger partial charge >= 0.3 is 0 Å². The van der Waals surface area contributed by atoms with E-state index in [-0.39, 0.29) is 5.54 Å². The Morgan fingerprint density at radius 1 is 1.54 bits per heavy atom. The molecule has 3 N–H and O–H groups in total. The zero-order valence-corrected chi connectivity index (χ0v) is 8.63. The molecule has 0 aromatic rings. The highest BCUT2D eigenvalue weighted by atomic mass is 16.5. The molecular weight excluding hydrogens is 166 g/mol. The summed E-state index contributed by atoms with van der Waals surface area (Å²) in [6, 6.07) is 0. The van der Waals surface area contributed by atoms with E-state index < -0.39 is 0 Å². The van der Waals surface area contributed by atoms with Crippen LogP contribution in [0.25, 0.3) is 0 Å². The topological polar surface area (TPSA) is 59.6 Å². The van der Waals surface area contributed by atoms with Gasteiger partial charge in [0.25, 0.3) is 0 Å². The fourth-order valence-electron chi connectivity index (χ4n) is 1.35. The predicted octanol–water partition coefficient (Wildman–Crippen LogP) is 0.683. The minimum Gasteiger partial charge on any atom is -0.381 e. The van der Waals surface area contributed by atoms with E-state index in [0.29, 0.717) is 5.92 Å². The molecule has 1 aliphatic rings. The van der Waals surface area contributed by atoms with Gasteiger partial charge in [-0.25, -0.2) is 5.84 Å². The van der Waals surface area contributed by atoms with Crippen molar-refractivity contribution in [2.45, 2.75) is 32.7 Å². The highest BCUT2D eigenvalue weighted by Crippen LogP contribution is 2.16. The summed E-state index contributed by atoms with van der Waals surface area (Å²) in [4.78, 5) is 4.51. The molecule has 4 nitrogen and oxygen atoms in total. The second-order valence-electron chi connectivity index (χ2n) is 4.37. The Kier molecular flexibility index (Phi) is 3.27. The van der Waals surface area contributed by atoms with Crippen LogP contribution in [0, 0.1) is 5.92 Å². The van der Waals surface area contributed by atoms with Crippen LogP contribution in [0.15, 0.2) is 4.99 Å². The van der Waals surface area contributed by atoms with E-state index in [2.05, 4.69) is 31.2 Å². The third-order valence-electron chi connectivity index (χ3n) is 1.92. The Bertz CT molecular complexity index is 190. The van der Waals surface area contributed by atoms with Crippen LogP contribution < -0.4 is 11.3 Å². The zero-order chi connectivity index (χ0) is 9.90. The molecule has 1 heterocycles.